The van der Waals surface area contributed by atoms with Crippen molar-refractivity contribution in [2.75, 3.05) is 0 Å². The van der Waals surface area contributed by atoms with Crippen LogP contribution in [0.3, 0.4) is 0 Å². The molecule has 0 amide bonds. The second-order valence-corrected chi connectivity index (χ2v) is 3.36. The fraction of sp³-hybridized carbons (Fsp3) is 0.0909. The molecule has 5 heteroatoms. The molecule has 0 spiro atoms. The molecule has 0 unspecified atom stereocenters. The fourth-order valence-corrected chi connectivity index (χ4v) is 1.47. The lowest BCUT2D eigenvalue weighted by atomic mass is 10.1. The van der Waals surface area contributed by atoms with E-state index in [1.165, 1.54) is 6.07 Å². The summed E-state index contributed by atoms with van der Waals surface area (Å²) in [6.45, 7) is 0. The van der Waals surface area contributed by atoms with Crippen molar-refractivity contribution < 1.29 is 22.7 Å². The lowest BCUT2D eigenvalue weighted by molar-refractivity contribution is -0.137. The maximum absolute atomic E-state index is 12.8. The van der Waals surface area contributed by atoms with Crippen LogP contribution in [0.5, 0.6) is 5.75 Å². The van der Waals surface area contributed by atoms with E-state index in [0.29, 0.717) is 6.07 Å². The molecule has 0 aliphatic carbocycles. The molecular formula is C11H6F4O. The van der Waals surface area contributed by atoms with Crippen LogP contribution in [0.15, 0.2) is 30.3 Å². The lowest BCUT2D eigenvalue weighted by Gasteiger charge is -2.09. The van der Waals surface area contributed by atoms with Crippen molar-refractivity contribution in [1.82, 2.24) is 0 Å². The van der Waals surface area contributed by atoms with Crippen LogP contribution in [-0.4, -0.2) is 5.11 Å². The highest BCUT2D eigenvalue weighted by atomic mass is 19.4. The molecule has 2 aromatic rings. The summed E-state index contributed by atoms with van der Waals surface area (Å²) in [5, 5.41) is 9.58. The van der Waals surface area contributed by atoms with Gasteiger partial charge in [0.15, 0.2) is 0 Å². The number of alkyl halides is 3. The van der Waals surface area contributed by atoms with Crippen molar-refractivity contribution in [3.63, 3.8) is 0 Å². The van der Waals surface area contributed by atoms with Gasteiger partial charge in [0.2, 0.25) is 0 Å². The average Bonchev–Trinajstić information content (AvgIpc) is 2.17. The molecule has 0 saturated carbocycles. The lowest BCUT2D eigenvalue weighted by Crippen LogP contribution is -2.04. The minimum Gasteiger partial charge on any atom is -0.507 e. The van der Waals surface area contributed by atoms with Crippen LogP contribution >= 0.6 is 0 Å². The minimum atomic E-state index is -4.53. The molecule has 2 rings (SSSR count). The Labute approximate surface area is 87.9 Å². The second-order valence-electron chi connectivity index (χ2n) is 3.36. The first kappa shape index (κ1) is 10.7. The molecule has 16 heavy (non-hydrogen) atoms. The van der Waals surface area contributed by atoms with Crippen molar-refractivity contribution in [2.24, 2.45) is 0 Å². The molecule has 0 radical (unpaired) electrons. The summed E-state index contributed by atoms with van der Waals surface area (Å²) in [7, 11) is 0. The maximum Gasteiger partial charge on any atom is 0.416 e. The summed E-state index contributed by atoms with van der Waals surface area (Å²) in [5.74, 6) is -1.19. The molecule has 0 atom stereocenters. The van der Waals surface area contributed by atoms with Crippen molar-refractivity contribution in [1.29, 1.82) is 0 Å². The van der Waals surface area contributed by atoms with Gasteiger partial charge in [0.05, 0.1) is 5.56 Å². The first-order valence-electron chi connectivity index (χ1n) is 4.37. The number of halogens is 4. The van der Waals surface area contributed by atoms with Gasteiger partial charge < -0.3 is 5.11 Å². The van der Waals surface area contributed by atoms with Crippen molar-refractivity contribution in [2.45, 2.75) is 6.18 Å². The zero-order chi connectivity index (χ0) is 11.9. The number of hydrogen-bond acceptors (Lipinski definition) is 1. The predicted octanol–water partition coefficient (Wildman–Crippen LogP) is 3.70. The van der Waals surface area contributed by atoms with Crippen LogP contribution in [-0.2, 0) is 6.18 Å². The Balaban J connectivity index is 2.74. The SMILES string of the molecule is Oc1cc(C(F)(F)F)cc2ccc(F)cc12. The van der Waals surface area contributed by atoms with E-state index in [0.717, 1.165) is 18.2 Å². The molecule has 0 heterocycles. The van der Waals surface area contributed by atoms with Gasteiger partial charge in [0.1, 0.15) is 11.6 Å². The normalized spacial score (nSPS) is 12.0. The first-order chi connectivity index (χ1) is 7.38. The Hall–Kier alpha value is -1.78. The third kappa shape index (κ3) is 1.80. The number of aromatic hydroxyl groups is 1. The molecule has 0 aliphatic rings. The molecule has 0 aliphatic heterocycles. The van der Waals surface area contributed by atoms with Gasteiger partial charge in [-0.05, 0) is 29.7 Å². The van der Waals surface area contributed by atoms with E-state index < -0.39 is 23.3 Å². The Kier molecular flexibility index (Phi) is 2.26. The third-order valence-electron chi connectivity index (χ3n) is 2.22. The van der Waals surface area contributed by atoms with Crippen LogP contribution in [0.25, 0.3) is 10.8 Å². The number of phenols is 1. The van der Waals surface area contributed by atoms with Gasteiger partial charge in [-0.2, -0.15) is 13.2 Å². The Morgan fingerprint density at radius 2 is 1.69 bits per heavy atom. The number of hydrogen-bond donors (Lipinski definition) is 1. The van der Waals surface area contributed by atoms with Gasteiger partial charge >= 0.3 is 6.18 Å². The van der Waals surface area contributed by atoms with Crippen molar-refractivity contribution in [3.8, 4) is 5.75 Å². The highest BCUT2D eigenvalue weighted by Gasteiger charge is 2.31. The fourth-order valence-electron chi connectivity index (χ4n) is 1.47. The van der Waals surface area contributed by atoms with Gasteiger partial charge in [0, 0.05) is 5.39 Å². The predicted molar refractivity (Wildman–Crippen MR) is 50.6 cm³/mol. The topological polar surface area (TPSA) is 20.2 Å². The monoisotopic (exact) mass is 230 g/mol. The summed E-state index contributed by atoms with van der Waals surface area (Å²) < 4.78 is 50.0. The molecule has 0 aromatic heterocycles. The zero-order valence-corrected chi connectivity index (χ0v) is 7.85. The summed E-state index contributed by atoms with van der Waals surface area (Å²) in [4.78, 5) is 0. The van der Waals surface area contributed by atoms with Crippen LogP contribution in [0, 0.1) is 5.82 Å². The van der Waals surface area contributed by atoms with E-state index in [2.05, 4.69) is 0 Å². The van der Waals surface area contributed by atoms with E-state index in [-0.39, 0.29) is 10.8 Å². The number of phenolic OH excluding ortho intramolecular Hbond substituents is 1. The standard InChI is InChI=1S/C11H6F4O/c12-8-2-1-6-3-7(11(13,14)15)4-10(16)9(6)5-8/h1-5,16H. The van der Waals surface area contributed by atoms with Gasteiger partial charge in [-0.1, -0.05) is 6.07 Å². The number of fused-ring (bicyclic) bond motifs is 1. The summed E-state index contributed by atoms with van der Waals surface area (Å²) in [6, 6.07) is 4.68. The molecule has 84 valence electrons. The third-order valence-corrected chi connectivity index (χ3v) is 2.22. The zero-order valence-electron chi connectivity index (χ0n) is 7.85. The molecule has 0 fully saturated rings. The summed E-state index contributed by atoms with van der Waals surface area (Å²) in [6.07, 6.45) is -4.53. The van der Waals surface area contributed by atoms with E-state index in [4.69, 9.17) is 0 Å². The van der Waals surface area contributed by atoms with Crippen molar-refractivity contribution >= 4 is 10.8 Å². The highest BCUT2D eigenvalue weighted by molar-refractivity contribution is 5.88. The van der Waals surface area contributed by atoms with Crippen LogP contribution in [0.1, 0.15) is 5.56 Å². The number of benzene rings is 2. The Bertz CT molecular complexity index is 545. The number of rotatable bonds is 0. The van der Waals surface area contributed by atoms with Crippen molar-refractivity contribution in [3.05, 3.63) is 41.7 Å². The molecule has 1 nitrogen and oxygen atoms in total. The van der Waals surface area contributed by atoms with Gasteiger partial charge in [-0.3, -0.25) is 0 Å². The quantitative estimate of drug-likeness (QED) is 0.684. The second kappa shape index (κ2) is 3.37. The molecule has 0 bridgehead atoms. The summed E-state index contributed by atoms with van der Waals surface area (Å²) in [5.41, 5.74) is -0.955. The molecule has 2 aromatic carbocycles. The van der Waals surface area contributed by atoms with E-state index in [1.807, 2.05) is 0 Å². The molecular weight excluding hydrogens is 224 g/mol. The van der Waals surface area contributed by atoms with Gasteiger partial charge in [-0.25, -0.2) is 4.39 Å². The minimum absolute atomic E-state index is 0.0630. The van der Waals surface area contributed by atoms with E-state index in [1.54, 1.807) is 0 Å². The largest absolute Gasteiger partial charge is 0.507 e. The van der Waals surface area contributed by atoms with Crippen LogP contribution in [0.4, 0.5) is 17.6 Å². The molecule has 1 N–H and O–H groups in total. The average molecular weight is 230 g/mol. The Morgan fingerprint density at radius 3 is 2.31 bits per heavy atom. The highest BCUT2D eigenvalue weighted by Crippen LogP contribution is 2.35. The van der Waals surface area contributed by atoms with E-state index >= 15 is 0 Å². The van der Waals surface area contributed by atoms with Gasteiger partial charge in [-0.15, -0.1) is 0 Å². The van der Waals surface area contributed by atoms with E-state index in [9.17, 15) is 22.7 Å². The summed E-state index contributed by atoms with van der Waals surface area (Å²) >= 11 is 0. The van der Waals surface area contributed by atoms with Crippen LogP contribution in [0.2, 0.25) is 0 Å². The van der Waals surface area contributed by atoms with Crippen LogP contribution < -0.4 is 0 Å². The smallest absolute Gasteiger partial charge is 0.416 e. The Morgan fingerprint density at radius 1 is 1.00 bits per heavy atom. The first-order valence-corrected chi connectivity index (χ1v) is 4.37. The molecule has 0 saturated heterocycles. The van der Waals surface area contributed by atoms with Gasteiger partial charge in [0.25, 0.3) is 0 Å². The maximum atomic E-state index is 12.8.